The average molecular weight is 255 g/mol. The maximum atomic E-state index is 5.81. The van der Waals surface area contributed by atoms with Crippen molar-refractivity contribution in [1.82, 2.24) is 24.5 Å². The molecule has 0 amide bonds. The van der Waals surface area contributed by atoms with Crippen LogP contribution in [0.3, 0.4) is 0 Å². The van der Waals surface area contributed by atoms with Crippen LogP contribution in [0, 0.1) is 0 Å². The van der Waals surface area contributed by atoms with Gasteiger partial charge >= 0.3 is 0 Å². The molecule has 0 saturated heterocycles. The van der Waals surface area contributed by atoms with Gasteiger partial charge in [-0.2, -0.15) is 15.0 Å². The summed E-state index contributed by atoms with van der Waals surface area (Å²) in [7, 11) is 1.62. The number of ether oxygens (including phenoxy) is 1. The molecule has 17 heavy (non-hydrogen) atoms. The SMILES string of the molecule is COCCNc1nc(Cl)nc(-n2ccnc2)n1. The molecule has 0 fully saturated rings. The Balaban J connectivity index is 2.18. The Morgan fingerprint density at radius 3 is 3.00 bits per heavy atom. The van der Waals surface area contributed by atoms with E-state index in [0.29, 0.717) is 25.0 Å². The normalized spacial score (nSPS) is 10.5. The minimum absolute atomic E-state index is 0.128. The van der Waals surface area contributed by atoms with Crippen molar-refractivity contribution in [3.63, 3.8) is 0 Å². The highest BCUT2D eigenvalue weighted by Crippen LogP contribution is 2.08. The summed E-state index contributed by atoms with van der Waals surface area (Å²) in [6.07, 6.45) is 4.95. The molecule has 2 aromatic heterocycles. The summed E-state index contributed by atoms with van der Waals surface area (Å²) in [5.41, 5.74) is 0. The number of aromatic nitrogens is 5. The van der Waals surface area contributed by atoms with Gasteiger partial charge in [-0.3, -0.25) is 4.57 Å². The molecule has 0 saturated carbocycles. The van der Waals surface area contributed by atoms with Crippen molar-refractivity contribution in [2.24, 2.45) is 0 Å². The molecule has 2 aromatic rings. The zero-order valence-electron chi connectivity index (χ0n) is 9.17. The molecule has 0 aliphatic rings. The third-order valence-electron chi connectivity index (χ3n) is 1.92. The van der Waals surface area contributed by atoms with Crippen LogP contribution in [0.15, 0.2) is 18.7 Å². The average Bonchev–Trinajstić information content (AvgIpc) is 2.82. The lowest BCUT2D eigenvalue weighted by Crippen LogP contribution is -2.12. The number of nitrogens with one attached hydrogen (secondary N) is 1. The van der Waals surface area contributed by atoms with Gasteiger partial charge < -0.3 is 10.1 Å². The zero-order chi connectivity index (χ0) is 12.1. The van der Waals surface area contributed by atoms with Crippen LogP contribution >= 0.6 is 11.6 Å². The van der Waals surface area contributed by atoms with Gasteiger partial charge in [-0.25, -0.2) is 4.98 Å². The smallest absolute Gasteiger partial charge is 0.241 e. The molecule has 0 aromatic carbocycles. The van der Waals surface area contributed by atoms with E-state index in [9.17, 15) is 0 Å². The second kappa shape index (κ2) is 5.55. The number of methoxy groups -OCH3 is 1. The van der Waals surface area contributed by atoms with Crippen molar-refractivity contribution < 1.29 is 4.74 Å². The second-order valence-corrected chi connectivity index (χ2v) is 3.46. The van der Waals surface area contributed by atoms with E-state index < -0.39 is 0 Å². The predicted octanol–water partition coefficient (Wildman–Crippen LogP) is 0.769. The van der Waals surface area contributed by atoms with Gasteiger partial charge in [0.25, 0.3) is 0 Å². The number of hydrogen-bond donors (Lipinski definition) is 1. The Labute approximate surface area is 103 Å². The first-order valence-electron chi connectivity index (χ1n) is 4.92. The molecule has 7 nitrogen and oxygen atoms in total. The number of hydrogen-bond acceptors (Lipinski definition) is 6. The largest absolute Gasteiger partial charge is 0.383 e. The lowest BCUT2D eigenvalue weighted by molar-refractivity contribution is 0.210. The standard InChI is InChI=1S/C9H11ClN6O/c1-17-5-3-12-8-13-7(10)14-9(15-8)16-4-2-11-6-16/h2,4,6H,3,5H2,1H3,(H,12,13,14,15). The molecule has 0 atom stereocenters. The van der Waals surface area contributed by atoms with Gasteiger partial charge in [0.05, 0.1) is 6.61 Å². The van der Waals surface area contributed by atoms with E-state index in [-0.39, 0.29) is 5.28 Å². The minimum atomic E-state index is 0.128. The van der Waals surface area contributed by atoms with E-state index in [0.717, 1.165) is 0 Å². The van der Waals surface area contributed by atoms with Gasteiger partial charge in [0.1, 0.15) is 6.33 Å². The summed E-state index contributed by atoms with van der Waals surface area (Å²) < 4.78 is 6.56. The summed E-state index contributed by atoms with van der Waals surface area (Å²) in [4.78, 5) is 16.1. The molecule has 2 rings (SSSR count). The van der Waals surface area contributed by atoms with Crippen LogP contribution in [-0.4, -0.2) is 44.8 Å². The summed E-state index contributed by atoms with van der Waals surface area (Å²) in [6, 6.07) is 0. The monoisotopic (exact) mass is 254 g/mol. The van der Waals surface area contributed by atoms with Crippen LogP contribution in [0.1, 0.15) is 0 Å². The fraction of sp³-hybridized carbons (Fsp3) is 0.333. The molecule has 0 unspecified atom stereocenters. The van der Waals surface area contributed by atoms with Crippen LogP contribution < -0.4 is 5.32 Å². The molecule has 2 heterocycles. The van der Waals surface area contributed by atoms with E-state index in [1.165, 1.54) is 0 Å². The third kappa shape index (κ3) is 3.11. The van der Waals surface area contributed by atoms with Gasteiger partial charge in [-0.1, -0.05) is 0 Å². The Kier molecular flexibility index (Phi) is 3.84. The quantitative estimate of drug-likeness (QED) is 0.794. The van der Waals surface area contributed by atoms with E-state index in [1.807, 2.05) is 0 Å². The van der Waals surface area contributed by atoms with Crippen LogP contribution in [0.5, 0.6) is 0 Å². The molecular weight excluding hydrogens is 244 g/mol. The Bertz CT molecular complexity index is 474. The number of rotatable bonds is 5. The molecule has 0 aliphatic heterocycles. The Hall–Kier alpha value is -1.73. The fourth-order valence-corrected chi connectivity index (χ4v) is 1.33. The highest BCUT2D eigenvalue weighted by atomic mass is 35.5. The third-order valence-corrected chi connectivity index (χ3v) is 2.09. The van der Waals surface area contributed by atoms with Crippen LogP contribution in [0.2, 0.25) is 5.28 Å². The number of nitrogens with zero attached hydrogens (tertiary/aromatic N) is 5. The fourth-order valence-electron chi connectivity index (χ4n) is 1.18. The first-order valence-corrected chi connectivity index (χ1v) is 5.30. The van der Waals surface area contributed by atoms with E-state index in [4.69, 9.17) is 16.3 Å². The van der Waals surface area contributed by atoms with Gasteiger partial charge in [0, 0.05) is 26.0 Å². The highest BCUT2D eigenvalue weighted by molar-refractivity contribution is 6.28. The summed E-state index contributed by atoms with van der Waals surface area (Å²) in [6.45, 7) is 1.16. The topological polar surface area (TPSA) is 77.8 Å². The Morgan fingerprint density at radius 2 is 2.29 bits per heavy atom. The Morgan fingerprint density at radius 1 is 1.41 bits per heavy atom. The van der Waals surface area contributed by atoms with Gasteiger partial charge in [-0.05, 0) is 11.6 Å². The van der Waals surface area contributed by atoms with Crippen LogP contribution in [-0.2, 0) is 4.74 Å². The predicted molar refractivity (Wildman–Crippen MR) is 62.3 cm³/mol. The summed E-state index contributed by atoms with van der Waals surface area (Å²) >= 11 is 5.81. The minimum Gasteiger partial charge on any atom is -0.383 e. The number of halogens is 1. The number of imidazole rings is 1. The molecule has 0 radical (unpaired) electrons. The summed E-state index contributed by atoms with van der Waals surface area (Å²) in [5.74, 6) is 0.827. The van der Waals surface area contributed by atoms with Gasteiger partial charge in [0.2, 0.25) is 17.2 Å². The summed E-state index contributed by atoms with van der Waals surface area (Å²) in [5, 5.41) is 3.11. The van der Waals surface area contributed by atoms with E-state index >= 15 is 0 Å². The van der Waals surface area contributed by atoms with Crippen molar-refractivity contribution in [2.75, 3.05) is 25.6 Å². The first kappa shape index (κ1) is 11.7. The highest BCUT2D eigenvalue weighted by Gasteiger charge is 2.05. The van der Waals surface area contributed by atoms with Crippen LogP contribution in [0.4, 0.5) is 5.95 Å². The van der Waals surface area contributed by atoms with Crippen LogP contribution in [0.25, 0.3) is 5.95 Å². The second-order valence-electron chi connectivity index (χ2n) is 3.12. The molecule has 90 valence electrons. The van der Waals surface area contributed by atoms with Gasteiger partial charge in [-0.15, -0.1) is 0 Å². The molecule has 0 aliphatic carbocycles. The lowest BCUT2D eigenvalue weighted by Gasteiger charge is -2.06. The lowest BCUT2D eigenvalue weighted by atomic mass is 10.7. The molecule has 0 spiro atoms. The first-order chi connectivity index (χ1) is 8.29. The maximum Gasteiger partial charge on any atom is 0.241 e. The van der Waals surface area contributed by atoms with E-state index in [2.05, 4.69) is 25.3 Å². The van der Waals surface area contributed by atoms with Crippen molar-refractivity contribution >= 4 is 17.5 Å². The molecular formula is C9H11ClN6O. The maximum absolute atomic E-state index is 5.81. The van der Waals surface area contributed by atoms with Gasteiger partial charge in [0.15, 0.2) is 0 Å². The van der Waals surface area contributed by atoms with E-state index in [1.54, 1.807) is 30.4 Å². The zero-order valence-corrected chi connectivity index (χ0v) is 9.92. The molecule has 0 bridgehead atoms. The van der Waals surface area contributed by atoms with Crippen molar-refractivity contribution in [1.29, 1.82) is 0 Å². The van der Waals surface area contributed by atoms with Crippen molar-refractivity contribution in [3.05, 3.63) is 24.0 Å². The molecule has 8 heteroatoms. The molecule has 1 N–H and O–H groups in total. The van der Waals surface area contributed by atoms with Crippen molar-refractivity contribution in [2.45, 2.75) is 0 Å². The van der Waals surface area contributed by atoms with Crippen molar-refractivity contribution in [3.8, 4) is 5.95 Å². The number of anilines is 1.